The fourth-order valence-corrected chi connectivity index (χ4v) is 8.44. The van der Waals surface area contributed by atoms with E-state index in [1.807, 2.05) is 0 Å². The van der Waals surface area contributed by atoms with Crippen molar-refractivity contribution >= 4 is 142 Å². The maximum atomic E-state index is 10.9. The molecule has 39 heteroatoms. The molecule has 6 aliphatic heterocycles. The summed E-state index contributed by atoms with van der Waals surface area (Å²) in [4.78, 5) is 93.4. The Labute approximate surface area is 684 Å². The van der Waals surface area contributed by atoms with Crippen molar-refractivity contribution in [2.24, 2.45) is 11.5 Å². The second kappa shape index (κ2) is 91.6. The molecule has 0 amide bonds. The molecular formula is C61H111Br4Cl2Li2N2NaO28. The van der Waals surface area contributed by atoms with E-state index >= 15 is 0 Å². The molecule has 6 N–H and O–H groups in total. The van der Waals surface area contributed by atoms with Crippen LogP contribution in [0.1, 0.15) is 162 Å². The minimum atomic E-state index is -1.62. The molecule has 0 radical (unpaired) electrons. The van der Waals surface area contributed by atoms with Crippen molar-refractivity contribution in [1.82, 2.24) is 0 Å². The number of carbonyl (C=O) groups excluding carboxylic acids is 8. The molecule has 6 heterocycles. The van der Waals surface area contributed by atoms with Gasteiger partial charge in [-0.3, -0.25) is 28.8 Å². The number of aliphatic hydroxyl groups is 1. The van der Waals surface area contributed by atoms with Crippen LogP contribution >= 0.6 is 89.0 Å². The number of Topliss-reactive ketones (excluding diaryl/α,β-unsaturated/α-hetero) is 4. The Morgan fingerprint density at radius 2 is 0.840 bits per heavy atom. The number of carboxylic acid groups (broad SMARTS) is 3. The third-order valence-corrected chi connectivity index (χ3v) is 14.2. The van der Waals surface area contributed by atoms with Crippen LogP contribution < -0.4 is 93.6 Å². The summed E-state index contributed by atoms with van der Waals surface area (Å²) in [6.45, 7) is 9.97. The summed E-state index contributed by atoms with van der Waals surface area (Å²) in [5, 5.41) is 39.7. The quantitative estimate of drug-likeness (QED) is 0.00875. The molecule has 0 saturated carbocycles. The molecular weight excluding hydrogens is 1640 g/mol. The number of aliphatic hydroxyl groups excluding tert-OH is 1. The molecule has 6 saturated heterocycles. The van der Waals surface area contributed by atoms with E-state index in [-0.39, 0.29) is 172 Å². The summed E-state index contributed by atoms with van der Waals surface area (Å²) in [7, 11) is 4.48. The smallest absolute Gasteiger partial charge is 0.769 e. The Hall–Kier alpha value is 0.245. The molecule has 0 spiro atoms. The number of methoxy groups -OCH3 is 3. The van der Waals surface area contributed by atoms with Crippen LogP contribution in [0.25, 0.3) is 0 Å². The van der Waals surface area contributed by atoms with Gasteiger partial charge in [-0.2, -0.15) is 0 Å². The molecule has 30 nitrogen and oxygen atoms in total. The summed E-state index contributed by atoms with van der Waals surface area (Å²) in [5.74, 6) is -6.96. The van der Waals surface area contributed by atoms with Gasteiger partial charge in [-0.1, -0.05) is 55.2 Å². The van der Waals surface area contributed by atoms with Crippen molar-refractivity contribution < 1.29 is 202 Å². The molecule has 6 fully saturated rings. The Kier molecular flexibility index (Phi) is 111. The Bertz CT molecular complexity index is 1760. The zero-order valence-electron chi connectivity index (χ0n) is 58.8. The van der Waals surface area contributed by atoms with Crippen molar-refractivity contribution in [3.63, 3.8) is 0 Å². The predicted octanol–water partition coefficient (Wildman–Crippen LogP) is -4.40. The number of aliphatic carboxylic acids is 3. The minimum absolute atomic E-state index is 0. The first-order chi connectivity index (χ1) is 45.2. The van der Waals surface area contributed by atoms with Gasteiger partial charge in [0.1, 0.15) is 30.3 Å². The van der Waals surface area contributed by atoms with E-state index in [0.717, 1.165) is 106 Å². The first-order valence-corrected chi connectivity index (χ1v) is 34.9. The SMILES string of the molecule is Br.BrCCCC1OCCO1.C.C1CCOC1.CC(=O)C(=O)CCCC1OCCO1.COC(=O)C(N)CCCC(OC)OC.Cl.NC(CCCC1OCCO1)C(=O)O.O=C([O-])C(=O)CCCC1OCCO1.O=C([O-])C(=O)CCCC1OCCO1.O=CCCCBr.OCCCCBr.[Li+].[Li+].[Na+].[O-]Cl. The van der Waals surface area contributed by atoms with E-state index in [4.69, 9.17) is 87.9 Å². The van der Waals surface area contributed by atoms with Gasteiger partial charge < -0.3 is 117 Å². The van der Waals surface area contributed by atoms with E-state index in [0.29, 0.717) is 124 Å². The van der Waals surface area contributed by atoms with Crippen molar-refractivity contribution in [1.29, 1.82) is 0 Å². The van der Waals surface area contributed by atoms with Gasteiger partial charge in [0.2, 0.25) is 0 Å². The van der Waals surface area contributed by atoms with Gasteiger partial charge in [0.25, 0.3) is 0 Å². The number of aldehydes is 1. The second-order valence-corrected chi connectivity index (χ2v) is 22.4. The largest absolute Gasteiger partial charge is 1.00 e. The fraction of sp³-hybridized carbons (Fsp3) is 0.852. The molecule has 6 aliphatic rings. The van der Waals surface area contributed by atoms with E-state index < -0.39 is 41.6 Å². The third kappa shape index (κ3) is 82.3. The van der Waals surface area contributed by atoms with Crippen LogP contribution in [0, 0.1) is 0 Å². The van der Waals surface area contributed by atoms with Gasteiger partial charge >= 0.3 is 79.2 Å². The van der Waals surface area contributed by atoms with Crippen molar-refractivity contribution in [3.05, 3.63) is 0 Å². The first kappa shape index (κ1) is 121. The molecule has 0 aromatic rings. The van der Waals surface area contributed by atoms with Crippen LogP contribution in [0.5, 0.6) is 0 Å². The van der Waals surface area contributed by atoms with E-state index in [9.17, 15) is 53.4 Å². The summed E-state index contributed by atoms with van der Waals surface area (Å²) in [6.07, 6.45) is 15.9. The fourth-order valence-electron chi connectivity index (χ4n) is 7.39. The van der Waals surface area contributed by atoms with Crippen molar-refractivity contribution in [2.45, 2.75) is 212 Å². The molecule has 2 unspecified atom stereocenters. The number of ether oxygens (including phenoxy) is 14. The molecule has 0 aliphatic carbocycles. The normalized spacial score (nSPS) is 15.5. The maximum absolute atomic E-state index is 10.9. The average Bonchev–Trinajstić information content (AvgIpc) is 2.08. The number of hydrogen-bond acceptors (Lipinski definition) is 29. The molecule has 0 aromatic heterocycles. The number of carboxylic acids is 3. The molecule has 6 rings (SSSR count). The Morgan fingerprint density at radius 1 is 0.520 bits per heavy atom. The van der Waals surface area contributed by atoms with E-state index in [1.165, 1.54) is 26.9 Å². The number of nitrogens with two attached hydrogens (primary N) is 2. The van der Waals surface area contributed by atoms with Crippen LogP contribution in [0.4, 0.5) is 0 Å². The minimum Gasteiger partial charge on any atom is -0.769 e. The number of alkyl halides is 3. The van der Waals surface area contributed by atoms with Crippen LogP contribution in [-0.2, 0) is 109 Å². The summed E-state index contributed by atoms with van der Waals surface area (Å²) in [5.41, 5.74) is 10.9. The monoisotopic (exact) mass is 1740 g/mol. The van der Waals surface area contributed by atoms with Crippen molar-refractivity contribution in [2.75, 3.05) is 123 Å². The number of ketones is 4. The van der Waals surface area contributed by atoms with Gasteiger partial charge in [0, 0.05) is 82.6 Å². The molecule has 0 aromatic carbocycles. The predicted molar refractivity (Wildman–Crippen MR) is 369 cm³/mol. The second-order valence-electron chi connectivity index (χ2n) is 20.0. The Morgan fingerprint density at radius 3 is 1.08 bits per heavy atom. The van der Waals surface area contributed by atoms with Crippen LogP contribution in [-0.4, -0.2) is 237 Å². The van der Waals surface area contributed by atoms with Crippen LogP contribution in [0.3, 0.4) is 0 Å². The zero-order valence-corrected chi connectivity index (χ0v) is 68.8. The van der Waals surface area contributed by atoms with E-state index in [1.54, 1.807) is 14.2 Å². The standard InChI is InChI=1S/C9H19NO4.C9H14O4.C8H15NO4.2C8H12O5.C6H11BrO2.C4H9BrO.C4H7BrO.C4H8O.CH4.BrH.ClO.ClH.2Li.Na/c1-12-8(13-2)6-4-5-7(10)9(11)14-3;1-7(10)8(11)3-2-4-9-12-5-6-13-9;3*9-6(8(10)11)2-1-3-7-12-4-5-13-7;7-3-1-2-6-8-4-5-9-6;2*5-3-1-2-4-6;1-2-4-5-3-1;;;1-2;;;;/h7-8H,4-6,10H2,1-3H3;9H,2-6H2,1H3;6-7H,1-5,9H2,(H,10,11);2*7H,1-5H2,(H,10,11);6H,1-5H2;6H,1-4H2;4H,1-3H2;1-4H2;1H4;1H;;1H;;;/q;;;;;;;;;;;-1;;3*+1/p-2. The number of esters is 1. The summed E-state index contributed by atoms with van der Waals surface area (Å²) < 4.78 is 78.7. The topological polar surface area (TPSA) is 445 Å². The molecule has 100 heavy (non-hydrogen) atoms. The maximum Gasteiger partial charge on any atom is 1.00 e. The number of hydrogen-bond donors (Lipinski definition) is 4. The van der Waals surface area contributed by atoms with Gasteiger partial charge in [0.05, 0.1) is 73.2 Å². The molecule has 0 bridgehead atoms. The summed E-state index contributed by atoms with van der Waals surface area (Å²) in [6, 6.07) is -1.31. The zero-order chi connectivity index (χ0) is 71.4. The summed E-state index contributed by atoms with van der Waals surface area (Å²) >= 11 is 13.2. The number of halogens is 6. The Balaban J connectivity index is -0.000000114. The third-order valence-electron chi connectivity index (χ3n) is 12.5. The van der Waals surface area contributed by atoms with E-state index in [2.05, 4.69) is 64.4 Å². The number of unbranched alkanes of at least 4 members (excludes halogenated alkanes) is 2. The molecule has 2 atom stereocenters. The molecule has 578 valence electrons. The van der Waals surface area contributed by atoms with Crippen molar-refractivity contribution in [3.8, 4) is 0 Å². The van der Waals surface area contributed by atoms with Gasteiger partial charge in [-0.05, 0) is 122 Å². The van der Waals surface area contributed by atoms with Gasteiger partial charge in [0.15, 0.2) is 60.9 Å². The number of rotatable bonds is 36. The van der Waals surface area contributed by atoms with Gasteiger partial charge in [-0.15, -0.1) is 29.4 Å². The van der Waals surface area contributed by atoms with Gasteiger partial charge in [-0.25, -0.2) is 11.9 Å². The average molecular weight is 1750 g/mol. The number of carbonyl (C=O) groups is 9. The van der Waals surface area contributed by atoms with Crippen LogP contribution in [0.2, 0.25) is 0 Å². The first-order valence-electron chi connectivity index (χ1n) is 31.2. The van der Waals surface area contributed by atoms with Crippen LogP contribution in [0.15, 0.2) is 0 Å².